The molecule has 6 atom stereocenters. The summed E-state index contributed by atoms with van der Waals surface area (Å²) < 4.78 is 5.99. The smallest absolute Gasteiger partial charge is 0.134 e. The Morgan fingerprint density at radius 3 is 3.00 bits per heavy atom. The van der Waals surface area contributed by atoms with Gasteiger partial charge in [0.25, 0.3) is 0 Å². The zero-order valence-corrected chi connectivity index (χ0v) is 11.6. The van der Waals surface area contributed by atoms with Crippen LogP contribution in [-0.4, -0.2) is 29.0 Å². The maximum Gasteiger partial charge on any atom is 0.134 e. The summed E-state index contributed by atoms with van der Waals surface area (Å²) in [4.78, 5) is 0. The van der Waals surface area contributed by atoms with Gasteiger partial charge in [0.05, 0.1) is 18.8 Å². The second-order valence-corrected chi connectivity index (χ2v) is 7.24. The van der Waals surface area contributed by atoms with Gasteiger partial charge in [-0.15, -0.1) is 21.5 Å². The van der Waals surface area contributed by atoms with Crippen molar-refractivity contribution < 1.29 is 4.74 Å². The fraction of sp³-hybridized carbons (Fsp3) is 0.846. The predicted octanol–water partition coefficient (Wildman–Crippen LogP) is 1.92. The molecule has 2 saturated carbocycles. The number of hydrogen-bond acceptors (Lipinski definition) is 5. The van der Waals surface area contributed by atoms with E-state index >= 15 is 0 Å². The summed E-state index contributed by atoms with van der Waals surface area (Å²) in [5, 5.41) is 14.2. The minimum atomic E-state index is 0.295. The molecule has 4 rings (SSSR count). The topological polar surface area (TPSA) is 47.0 Å². The van der Waals surface area contributed by atoms with Crippen LogP contribution >= 0.6 is 11.3 Å². The summed E-state index contributed by atoms with van der Waals surface area (Å²) in [6.45, 7) is 5.20. The molecule has 2 unspecified atom stereocenters. The first-order chi connectivity index (χ1) is 8.72. The second-order valence-electron chi connectivity index (χ2n) is 6.03. The van der Waals surface area contributed by atoms with Gasteiger partial charge in [-0.3, -0.25) is 0 Å². The molecule has 1 N–H and O–H groups in total. The Labute approximate surface area is 111 Å². The average Bonchev–Trinajstić information content (AvgIpc) is 3.02. The van der Waals surface area contributed by atoms with E-state index in [1.807, 2.05) is 6.92 Å². The van der Waals surface area contributed by atoms with E-state index < -0.39 is 0 Å². The Kier molecular flexibility index (Phi) is 2.51. The van der Waals surface area contributed by atoms with Crippen molar-refractivity contribution in [2.24, 2.45) is 17.8 Å². The van der Waals surface area contributed by atoms with Gasteiger partial charge in [0.15, 0.2) is 0 Å². The molecule has 18 heavy (non-hydrogen) atoms. The van der Waals surface area contributed by atoms with Gasteiger partial charge < -0.3 is 10.1 Å². The van der Waals surface area contributed by atoms with Crippen molar-refractivity contribution in [2.75, 3.05) is 6.61 Å². The third-order valence-corrected chi connectivity index (χ3v) is 5.95. The SMILES string of the molecule is Cc1nnc(C(C)NC2[C@@H]3C[C@@H]4CO[C@H]2[C@H]4C3)s1. The van der Waals surface area contributed by atoms with E-state index in [9.17, 15) is 0 Å². The maximum atomic E-state index is 5.99. The number of hydrogen-bond donors (Lipinski definition) is 1. The molecular formula is C13H19N3OS. The lowest BCUT2D eigenvalue weighted by atomic mass is 9.86. The van der Waals surface area contributed by atoms with Crippen molar-refractivity contribution >= 4 is 11.3 Å². The lowest BCUT2D eigenvalue weighted by molar-refractivity contribution is 0.0725. The van der Waals surface area contributed by atoms with E-state index in [1.54, 1.807) is 11.3 Å². The van der Waals surface area contributed by atoms with Crippen LogP contribution in [0, 0.1) is 24.7 Å². The Balaban J connectivity index is 1.49. The van der Waals surface area contributed by atoms with Gasteiger partial charge in [0.2, 0.25) is 0 Å². The fourth-order valence-corrected chi connectivity index (χ4v) is 4.87. The van der Waals surface area contributed by atoms with Crippen molar-refractivity contribution in [1.82, 2.24) is 15.5 Å². The third-order valence-electron chi connectivity index (χ3n) is 4.93. The molecule has 2 aliphatic carbocycles. The maximum absolute atomic E-state index is 5.99. The highest BCUT2D eigenvalue weighted by atomic mass is 32.1. The highest BCUT2D eigenvalue weighted by molar-refractivity contribution is 7.11. The van der Waals surface area contributed by atoms with Crippen molar-refractivity contribution in [2.45, 2.75) is 44.9 Å². The van der Waals surface area contributed by atoms with E-state index in [1.165, 1.54) is 12.8 Å². The van der Waals surface area contributed by atoms with Crippen LogP contribution in [-0.2, 0) is 4.74 Å². The van der Waals surface area contributed by atoms with Gasteiger partial charge in [-0.25, -0.2) is 0 Å². The normalized spacial score (nSPS) is 42.7. The molecule has 0 spiro atoms. The molecule has 2 bridgehead atoms. The summed E-state index contributed by atoms with van der Waals surface area (Å²) in [5.74, 6) is 2.51. The van der Waals surface area contributed by atoms with Crippen LogP contribution in [0.15, 0.2) is 0 Å². The van der Waals surface area contributed by atoms with Crippen molar-refractivity contribution in [1.29, 1.82) is 0 Å². The molecule has 0 amide bonds. The van der Waals surface area contributed by atoms with Crippen LogP contribution in [0.2, 0.25) is 0 Å². The molecule has 2 heterocycles. The van der Waals surface area contributed by atoms with Crippen LogP contribution in [0.25, 0.3) is 0 Å². The molecule has 1 saturated heterocycles. The van der Waals surface area contributed by atoms with Gasteiger partial charge in [-0.2, -0.15) is 0 Å². The predicted molar refractivity (Wildman–Crippen MR) is 69.4 cm³/mol. The van der Waals surface area contributed by atoms with Crippen LogP contribution in [0.5, 0.6) is 0 Å². The largest absolute Gasteiger partial charge is 0.376 e. The first kappa shape index (κ1) is 11.3. The van der Waals surface area contributed by atoms with E-state index in [0.29, 0.717) is 18.2 Å². The summed E-state index contributed by atoms with van der Waals surface area (Å²) >= 11 is 1.69. The second kappa shape index (κ2) is 3.99. The Bertz CT molecular complexity index is 461. The van der Waals surface area contributed by atoms with Gasteiger partial charge in [0.1, 0.15) is 10.0 Å². The highest BCUT2D eigenvalue weighted by Gasteiger charge is 2.57. The molecule has 0 aromatic carbocycles. The van der Waals surface area contributed by atoms with E-state index in [-0.39, 0.29) is 0 Å². The number of aromatic nitrogens is 2. The van der Waals surface area contributed by atoms with E-state index in [4.69, 9.17) is 4.74 Å². The minimum absolute atomic E-state index is 0.295. The highest BCUT2D eigenvalue weighted by Crippen LogP contribution is 2.54. The number of aryl methyl sites for hydroxylation is 1. The van der Waals surface area contributed by atoms with Gasteiger partial charge >= 0.3 is 0 Å². The molecule has 0 radical (unpaired) electrons. The first-order valence-electron chi connectivity index (χ1n) is 6.90. The Morgan fingerprint density at radius 2 is 2.22 bits per heavy atom. The number of fused-ring (bicyclic) bond motifs is 1. The molecular weight excluding hydrogens is 246 g/mol. The number of ether oxygens (including phenoxy) is 1. The van der Waals surface area contributed by atoms with Gasteiger partial charge in [0, 0.05) is 6.04 Å². The fourth-order valence-electron chi connectivity index (χ4n) is 4.16. The van der Waals surface area contributed by atoms with Crippen LogP contribution in [0.3, 0.4) is 0 Å². The Hall–Kier alpha value is -0.520. The first-order valence-corrected chi connectivity index (χ1v) is 7.71. The van der Waals surface area contributed by atoms with Crippen LogP contribution < -0.4 is 5.32 Å². The molecule has 1 aromatic heterocycles. The molecule has 1 aromatic rings. The lowest BCUT2D eigenvalue weighted by Gasteiger charge is -2.29. The number of nitrogens with zero attached hydrogens (tertiary/aromatic N) is 2. The van der Waals surface area contributed by atoms with E-state index in [0.717, 1.165) is 34.4 Å². The quantitative estimate of drug-likeness (QED) is 0.907. The van der Waals surface area contributed by atoms with Crippen molar-refractivity contribution in [3.8, 4) is 0 Å². The molecule has 3 fully saturated rings. The summed E-state index contributed by atoms with van der Waals surface area (Å²) in [6, 6.07) is 0.830. The lowest BCUT2D eigenvalue weighted by Crippen LogP contribution is -2.44. The number of nitrogens with one attached hydrogen (secondary N) is 1. The van der Waals surface area contributed by atoms with Gasteiger partial charge in [-0.1, -0.05) is 0 Å². The zero-order valence-electron chi connectivity index (χ0n) is 10.8. The monoisotopic (exact) mass is 265 g/mol. The summed E-state index contributed by atoms with van der Waals surface area (Å²) in [5.41, 5.74) is 0. The Morgan fingerprint density at radius 1 is 1.33 bits per heavy atom. The summed E-state index contributed by atoms with van der Waals surface area (Å²) in [7, 11) is 0. The van der Waals surface area contributed by atoms with Gasteiger partial charge in [-0.05, 0) is 44.4 Å². The molecule has 1 aliphatic heterocycles. The van der Waals surface area contributed by atoms with Crippen molar-refractivity contribution in [3.05, 3.63) is 10.0 Å². The average molecular weight is 265 g/mol. The van der Waals surface area contributed by atoms with Crippen molar-refractivity contribution in [3.63, 3.8) is 0 Å². The molecule has 98 valence electrons. The number of rotatable bonds is 3. The minimum Gasteiger partial charge on any atom is -0.376 e. The molecule has 4 nitrogen and oxygen atoms in total. The van der Waals surface area contributed by atoms with E-state index in [2.05, 4.69) is 22.4 Å². The molecule has 3 aliphatic rings. The standard InChI is InChI=1S/C13H19N3OS/c1-6(13-16-15-7(2)18-13)14-11-8-3-9-5-17-12(11)10(9)4-8/h6,8-12,14H,3-5H2,1-2H3/t6?,8-,9-,10+,11?,12+/m1/s1. The molecule has 5 heteroatoms. The van der Waals surface area contributed by atoms with Crippen LogP contribution in [0.4, 0.5) is 0 Å². The summed E-state index contributed by atoms with van der Waals surface area (Å²) in [6.07, 6.45) is 3.19. The zero-order chi connectivity index (χ0) is 12.3. The van der Waals surface area contributed by atoms with Crippen LogP contribution in [0.1, 0.15) is 35.8 Å². The third kappa shape index (κ3) is 1.57.